The minimum Gasteiger partial charge on any atom is -0.356 e. The van der Waals surface area contributed by atoms with Gasteiger partial charge in [-0.05, 0) is 46.5 Å². The van der Waals surface area contributed by atoms with Crippen molar-refractivity contribution in [3.8, 4) is 0 Å². The smallest absolute Gasteiger partial charge is 0.227 e. The second-order valence-electron chi connectivity index (χ2n) is 7.12. The summed E-state index contributed by atoms with van der Waals surface area (Å²) in [5.74, 6) is 1.03. The Morgan fingerprint density at radius 1 is 1.34 bits per heavy atom. The number of halogens is 2. The van der Waals surface area contributed by atoms with Gasteiger partial charge in [-0.25, -0.2) is 0 Å². The number of nitrogens with zero attached hydrogens (tertiary/aromatic N) is 4. The zero-order chi connectivity index (χ0) is 20.1. The molecule has 6 nitrogen and oxygen atoms in total. The maximum atomic E-state index is 12.6. The fourth-order valence-electron chi connectivity index (χ4n) is 3.60. The molecule has 8 heteroatoms. The van der Waals surface area contributed by atoms with Crippen LogP contribution in [-0.2, 0) is 24.8 Å². The van der Waals surface area contributed by atoms with Crippen molar-refractivity contribution in [3.63, 3.8) is 0 Å². The fourth-order valence-corrected chi connectivity index (χ4v) is 4.17. The molecule has 29 heavy (non-hydrogen) atoms. The van der Waals surface area contributed by atoms with Crippen molar-refractivity contribution in [2.75, 3.05) is 32.1 Å². The van der Waals surface area contributed by atoms with Gasteiger partial charge in [0.2, 0.25) is 5.91 Å². The lowest BCUT2D eigenvalue weighted by Gasteiger charge is -2.22. The third kappa shape index (κ3) is 5.97. The maximum absolute atomic E-state index is 12.6. The number of carbonyl (C=O) groups is 1. The van der Waals surface area contributed by atoms with Crippen LogP contribution in [0, 0.1) is 0 Å². The summed E-state index contributed by atoms with van der Waals surface area (Å²) in [7, 11) is 5.83. The number of fused-ring (bicyclic) bond motifs is 1. The van der Waals surface area contributed by atoms with E-state index < -0.39 is 0 Å². The van der Waals surface area contributed by atoms with Crippen molar-refractivity contribution >= 4 is 57.5 Å². The minimum absolute atomic E-state index is 0. The molecule has 0 spiro atoms. The number of guanidine groups is 1. The van der Waals surface area contributed by atoms with E-state index in [1.807, 2.05) is 43.4 Å². The van der Waals surface area contributed by atoms with Crippen molar-refractivity contribution in [1.82, 2.24) is 14.8 Å². The van der Waals surface area contributed by atoms with Gasteiger partial charge in [0.15, 0.2) is 5.96 Å². The summed E-state index contributed by atoms with van der Waals surface area (Å²) in [6.07, 6.45) is 4.31. The van der Waals surface area contributed by atoms with Crippen molar-refractivity contribution in [2.45, 2.75) is 25.8 Å². The van der Waals surface area contributed by atoms with Gasteiger partial charge < -0.3 is 19.7 Å². The van der Waals surface area contributed by atoms with E-state index in [1.165, 1.54) is 11.3 Å². The quantitative estimate of drug-likeness (QED) is 0.248. The molecule has 1 amide bonds. The Morgan fingerprint density at radius 3 is 2.79 bits per heavy atom. The van der Waals surface area contributed by atoms with Gasteiger partial charge in [-0.3, -0.25) is 9.79 Å². The van der Waals surface area contributed by atoms with Crippen molar-refractivity contribution in [3.05, 3.63) is 52.3 Å². The van der Waals surface area contributed by atoms with E-state index in [2.05, 4.69) is 47.8 Å². The highest BCUT2D eigenvalue weighted by atomic mass is 127. The number of benzene rings is 1. The molecule has 3 rings (SSSR count). The second kappa shape index (κ2) is 11.0. The van der Waals surface area contributed by atoms with Crippen LogP contribution < -0.4 is 10.2 Å². The second-order valence-corrected chi connectivity index (χ2v) is 8.03. The monoisotopic (exact) mass is 573 g/mol. The first kappa shape index (κ1) is 23.7. The van der Waals surface area contributed by atoms with Crippen LogP contribution in [0.15, 0.2) is 46.0 Å². The first-order valence-corrected chi connectivity index (χ1v) is 10.4. The van der Waals surface area contributed by atoms with Gasteiger partial charge in [-0.1, -0.05) is 18.2 Å². The highest BCUT2D eigenvalue weighted by molar-refractivity contribution is 14.0. The number of amides is 1. The van der Waals surface area contributed by atoms with Crippen LogP contribution in [0.4, 0.5) is 5.69 Å². The van der Waals surface area contributed by atoms with Crippen LogP contribution in [0.25, 0.3) is 0 Å². The Kier molecular flexibility index (Phi) is 9.01. The molecule has 1 aliphatic rings. The number of aromatic nitrogens is 1. The lowest BCUT2D eigenvalue weighted by Crippen LogP contribution is -2.39. The van der Waals surface area contributed by atoms with E-state index in [1.54, 1.807) is 7.05 Å². The molecule has 0 fully saturated rings. The van der Waals surface area contributed by atoms with E-state index >= 15 is 0 Å². The number of carbonyl (C=O) groups excluding carboxylic acids is 1. The van der Waals surface area contributed by atoms with Crippen molar-refractivity contribution < 1.29 is 4.79 Å². The summed E-state index contributed by atoms with van der Waals surface area (Å²) in [4.78, 5) is 21.0. The van der Waals surface area contributed by atoms with E-state index in [-0.39, 0.29) is 29.9 Å². The largest absolute Gasteiger partial charge is 0.356 e. The Bertz CT molecular complexity index is 867. The van der Waals surface area contributed by atoms with Crippen LogP contribution in [0.3, 0.4) is 0 Å². The van der Waals surface area contributed by atoms with Gasteiger partial charge >= 0.3 is 0 Å². The number of para-hydroxylation sites is 1. The molecular formula is C21H29BrIN5O. The van der Waals surface area contributed by atoms with E-state index in [0.717, 1.165) is 48.6 Å². The van der Waals surface area contributed by atoms with Gasteiger partial charge in [0.1, 0.15) is 0 Å². The molecule has 0 saturated heterocycles. The SMILES string of the molecule is CN=C(NCCCC(=O)N1CCc2ccccc21)N(C)Cc1cc(Br)cn1C.I. The topological polar surface area (TPSA) is 52.9 Å². The molecule has 2 heterocycles. The number of aliphatic imine (C=N–C) groups is 1. The van der Waals surface area contributed by atoms with Crippen LogP contribution in [0.1, 0.15) is 24.1 Å². The molecule has 0 bridgehead atoms. The highest BCUT2D eigenvalue weighted by Crippen LogP contribution is 2.28. The summed E-state index contributed by atoms with van der Waals surface area (Å²) in [5.41, 5.74) is 3.54. The van der Waals surface area contributed by atoms with Crippen LogP contribution >= 0.6 is 39.9 Å². The lowest BCUT2D eigenvalue weighted by atomic mass is 10.2. The predicted molar refractivity (Wildman–Crippen MR) is 133 cm³/mol. The van der Waals surface area contributed by atoms with E-state index in [9.17, 15) is 4.79 Å². The number of hydrogen-bond donors (Lipinski definition) is 1. The molecule has 1 N–H and O–H groups in total. The number of hydrogen-bond acceptors (Lipinski definition) is 2. The number of nitrogens with one attached hydrogen (secondary N) is 1. The summed E-state index contributed by atoms with van der Waals surface area (Å²) < 4.78 is 3.17. The zero-order valence-corrected chi connectivity index (χ0v) is 21.1. The molecule has 0 atom stereocenters. The molecule has 0 radical (unpaired) electrons. The molecular weight excluding hydrogens is 545 g/mol. The number of anilines is 1. The Labute approximate surface area is 198 Å². The molecule has 0 saturated carbocycles. The predicted octanol–water partition coefficient (Wildman–Crippen LogP) is 3.78. The molecule has 1 aliphatic heterocycles. The molecule has 0 aliphatic carbocycles. The minimum atomic E-state index is 0. The number of rotatable bonds is 6. The van der Waals surface area contributed by atoms with Gasteiger partial charge in [-0.2, -0.15) is 0 Å². The third-order valence-electron chi connectivity index (χ3n) is 5.09. The Balaban J connectivity index is 0.00000300. The lowest BCUT2D eigenvalue weighted by molar-refractivity contribution is -0.118. The van der Waals surface area contributed by atoms with E-state index in [4.69, 9.17) is 0 Å². The molecule has 2 aromatic rings. The fraction of sp³-hybridized carbons (Fsp3) is 0.429. The molecule has 1 aromatic carbocycles. The molecule has 1 aromatic heterocycles. The maximum Gasteiger partial charge on any atom is 0.227 e. The Morgan fingerprint density at radius 2 is 2.10 bits per heavy atom. The summed E-state index contributed by atoms with van der Waals surface area (Å²) in [5, 5.41) is 3.37. The van der Waals surface area contributed by atoms with Gasteiger partial charge in [0, 0.05) is 62.7 Å². The van der Waals surface area contributed by atoms with Crippen molar-refractivity contribution in [1.29, 1.82) is 0 Å². The first-order chi connectivity index (χ1) is 13.5. The third-order valence-corrected chi connectivity index (χ3v) is 5.52. The van der Waals surface area contributed by atoms with Crippen LogP contribution in [0.5, 0.6) is 0 Å². The van der Waals surface area contributed by atoms with Crippen LogP contribution in [0.2, 0.25) is 0 Å². The highest BCUT2D eigenvalue weighted by Gasteiger charge is 2.23. The van der Waals surface area contributed by atoms with E-state index in [0.29, 0.717) is 6.42 Å². The Hall–Kier alpha value is -1.55. The standard InChI is InChI=1S/C21H28BrN5O.HI/c1-23-21(26(3)15-18-13-17(22)14-25(18)2)24-11-6-9-20(28)27-12-10-16-7-4-5-8-19(16)27;/h4-5,7-8,13-14H,6,9-12,15H2,1-3H3,(H,23,24);1H. The summed E-state index contributed by atoms with van der Waals surface area (Å²) in [6.45, 7) is 2.27. The van der Waals surface area contributed by atoms with Gasteiger partial charge in [0.25, 0.3) is 0 Å². The van der Waals surface area contributed by atoms with Crippen molar-refractivity contribution in [2.24, 2.45) is 12.0 Å². The molecule has 0 unspecified atom stereocenters. The first-order valence-electron chi connectivity index (χ1n) is 9.60. The number of aryl methyl sites for hydroxylation is 1. The van der Waals surface area contributed by atoms with Crippen LogP contribution in [-0.4, -0.2) is 48.5 Å². The van der Waals surface area contributed by atoms with Gasteiger partial charge in [-0.15, -0.1) is 24.0 Å². The summed E-state index contributed by atoms with van der Waals surface area (Å²) in [6, 6.07) is 10.3. The zero-order valence-electron chi connectivity index (χ0n) is 17.2. The average Bonchev–Trinajstić information content (AvgIpc) is 3.24. The average molecular weight is 574 g/mol. The normalized spacial score (nSPS) is 13.1. The summed E-state index contributed by atoms with van der Waals surface area (Å²) >= 11 is 3.51. The molecule has 158 valence electrons. The van der Waals surface area contributed by atoms with Gasteiger partial charge in [0.05, 0.1) is 6.54 Å².